The molecule has 0 bridgehead atoms. The van der Waals surface area contributed by atoms with Crippen LogP contribution in [0.2, 0.25) is 0 Å². The predicted molar refractivity (Wildman–Crippen MR) is 112 cm³/mol. The molecular weight excluding hydrogens is 505 g/mol. The van der Waals surface area contributed by atoms with Gasteiger partial charge in [0.25, 0.3) is 12.3 Å². The van der Waals surface area contributed by atoms with Gasteiger partial charge >= 0.3 is 18.1 Å². The molecule has 6 heterocycles. The maximum atomic E-state index is 13.5. The van der Waals surface area contributed by atoms with E-state index in [0.717, 1.165) is 16.3 Å². The first-order chi connectivity index (χ1) is 17.7. The van der Waals surface area contributed by atoms with Crippen molar-refractivity contribution in [3.63, 3.8) is 0 Å². The zero-order valence-electron chi connectivity index (χ0n) is 18.4. The molecule has 1 aliphatic heterocycles. The van der Waals surface area contributed by atoms with E-state index in [1.54, 1.807) is 12.1 Å². The largest absolute Gasteiger partial charge is 0.504 e. The van der Waals surface area contributed by atoms with Crippen LogP contribution in [0.3, 0.4) is 0 Å². The highest BCUT2D eigenvalue weighted by atomic mass is 19.4. The number of aromatic nitrogens is 8. The summed E-state index contributed by atoms with van der Waals surface area (Å²) in [7, 11) is 0. The quantitative estimate of drug-likeness (QED) is 0.361. The van der Waals surface area contributed by atoms with E-state index in [1.165, 1.54) is 23.4 Å². The minimum atomic E-state index is -4.74. The summed E-state index contributed by atoms with van der Waals surface area (Å²) in [5.41, 5.74) is 1.28. The van der Waals surface area contributed by atoms with Crippen LogP contribution >= 0.6 is 0 Å². The Hall–Kier alpha value is -4.63. The van der Waals surface area contributed by atoms with Gasteiger partial charge in [0.2, 0.25) is 0 Å². The molecule has 16 heteroatoms. The Bertz CT molecular complexity index is 1620. The third-order valence-electron chi connectivity index (χ3n) is 5.90. The number of rotatable bonds is 4. The van der Waals surface area contributed by atoms with Crippen molar-refractivity contribution < 1.29 is 31.2 Å². The highest BCUT2D eigenvalue weighted by Crippen LogP contribution is 2.35. The number of fused-ring (bicyclic) bond motifs is 2. The molecule has 0 aromatic carbocycles. The zero-order valence-corrected chi connectivity index (χ0v) is 18.4. The molecule has 5 aromatic heterocycles. The number of imidazole rings is 1. The summed E-state index contributed by atoms with van der Waals surface area (Å²) >= 11 is 0. The lowest BCUT2D eigenvalue weighted by Gasteiger charge is -2.32. The fraction of sp³-hybridized carbons (Fsp3) is 0.238. The zero-order chi connectivity index (χ0) is 25.9. The fourth-order valence-electron chi connectivity index (χ4n) is 4.27. The smallest absolute Gasteiger partial charge is 0.411 e. The van der Waals surface area contributed by atoms with Crippen LogP contribution in [0.1, 0.15) is 45.9 Å². The Kier molecular flexibility index (Phi) is 5.06. The number of hydrogen-bond acceptors (Lipinski definition) is 7. The van der Waals surface area contributed by atoms with Crippen molar-refractivity contribution in [1.29, 1.82) is 0 Å². The number of amides is 1. The molecule has 0 aliphatic carbocycles. The summed E-state index contributed by atoms with van der Waals surface area (Å²) in [6.07, 6.45) is -4.99. The average Bonchev–Trinajstić information content (AvgIpc) is 3.66. The molecule has 0 fully saturated rings. The number of nitrogens with zero attached hydrogens (tertiary/aromatic N) is 8. The Morgan fingerprint density at radius 1 is 1.16 bits per heavy atom. The van der Waals surface area contributed by atoms with Crippen LogP contribution in [-0.2, 0) is 12.7 Å². The summed E-state index contributed by atoms with van der Waals surface area (Å²) in [6.45, 7) is 0.161. The van der Waals surface area contributed by atoms with E-state index >= 15 is 0 Å². The van der Waals surface area contributed by atoms with Crippen LogP contribution in [0.15, 0.2) is 47.3 Å². The second-order valence-electron chi connectivity index (χ2n) is 8.10. The number of aromatic amines is 1. The minimum absolute atomic E-state index is 0.161. The van der Waals surface area contributed by atoms with Crippen LogP contribution in [0, 0.1) is 0 Å². The molecule has 6 rings (SSSR count). The van der Waals surface area contributed by atoms with Gasteiger partial charge in [0.05, 0.1) is 23.2 Å². The van der Waals surface area contributed by atoms with Gasteiger partial charge < -0.3 is 14.3 Å². The summed E-state index contributed by atoms with van der Waals surface area (Å²) < 4.78 is 71.9. The molecule has 1 atom stereocenters. The maximum Gasteiger partial charge on any atom is 0.504 e. The van der Waals surface area contributed by atoms with Gasteiger partial charge in [-0.1, -0.05) is 6.07 Å². The van der Waals surface area contributed by atoms with Crippen LogP contribution in [-0.4, -0.2) is 56.9 Å². The number of halogens is 5. The van der Waals surface area contributed by atoms with Crippen LogP contribution in [0.5, 0.6) is 0 Å². The number of nitrogens with one attached hydrogen (secondary N) is 1. The van der Waals surface area contributed by atoms with Crippen molar-refractivity contribution in [2.75, 3.05) is 6.54 Å². The highest BCUT2D eigenvalue weighted by Gasteiger charge is 2.39. The molecule has 37 heavy (non-hydrogen) atoms. The molecule has 1 unspecified atom stereocenters. The summed E-state index contributed by atoms with van der Waals surface area (Å²) in [6, 6.07) is 6.04. The molecule has 0 saturated heterocycles. The Labute approximate surface area is 202 Å². The molecule has 1 amide bonds. The molecule has 0 spiro atoms. The lowest BCUT2D eigenvalue weighted by atomic mass is 9.99. The van der Waals surface area contributed by atoms with Crippen molar-refractivity contribution in [2.24, 2.45) is 0 Å². The lowest BCUT2D eigenvalue weighted by molar-refractivity contribution is -0.212. The molecular formula is C21H14F5N9O2. The first kappa shape index (κ1) is 22.8. The summed E-state index contributed by atoms with van der Waals surface area (Å²) in [5, 5.41) is 15.1. The number of hydrogen-bond donors (Lipinski definition) is 1. The van der Waals surface area contributed by atoms with Crippen molar-refractivity contribution in [3.05, 3.63) is 71.5 Å². The third kappa shape index (κ3) is 3.80. The average molecular weight is 519 g/mol. The van der Waals surface area contributed by atoms with Crippen molar-refractivity contribution in [2.45, 2.75) is 25.2 Å². The van der Waals surface area contributed by atoms with E-state index in [1.807, 2.05) is 0 Å². The van der Waals surface area contributed by atoms with Crippen LogP contribution < -0.4 is 0 Å². The minimum Gasteiger partial charge on any atom is -0.411 e. The van der Waals surface area contributed by atoms with Gasteiger partial charge in [-0.05, 0) is 24.3 Å². The van der Waals surface area contributed by atoms with E-state index in [-0.39, 0.29) is 34.2 Å². The normalized spacial score (nSPS) is 16.1. The van der Waals surface area contributed by atoms with Crippen molar-refractivity contribution in [3.8, 4) is 11.6 Å². The molecule has 1 N–H and O–H groups in total. The maximum absolute atomic E-state index is 13.5. The van der Waals surface area contributed by atoms with Gasteiger partial charge in [-0.25, -0.2) is 18.3 Å². The summed E-state index contributed by atoms with van der Waals surface area (Å²) in [4.78, 5) is 22.1. The summed E-state index contributed by atoms with van der Waals surface area (Å²) in [5.74, 6) is -1.61. The molecule has 0 radical (unpaired) electrons. The number of H-pyrrole nitrogens is 1. The molecule has 190 valence electrons. The molecule has 11 nitrogen and oxygen atoms in total. The van der Waals surface area contributed by atoms with E-state index in [2.05, 4.69) is 30.4 Å². The standard InChI is InChI=1S/C21H14F5N9O2/c22-17(23)14-3-1-2-10-8-13(32-35(10)14)16-15-11(27-9-28-15)4-6-33(16)20(36)19-30-29-18(37-19)12-5-7-34(31-12)21(24,25)26/h1-3,5,7-9,16-17H,4,6H2,(H,27,28). The molecule has 0 saturated carbocycles. The van der Waals surface area contributed by atoms with Gasteiger partial charge in [0.15, 0.2) is 0 Å². The van der Waals surface area contributed by atoms with Gasteiger partial charge in [-0.3, -0.25) is 4.79 Å². The second-order valence-corrected chi connectivity index (χ2v) is 8.10. The SMILES string of the molecule is O=C(c1nnc(-c2ccn(C(F)(F)F)n2)o1)N1CCc2[nH]cnc2C1c1cc2cccc(C(F)F)n2n1. The van der Waals surface area contributed by atoms with Crippen molar-refractivity contribution in [1.82, 2.24) is 44.5 Å². The van der Waals surface area contributed by atoms with Gasteiger partial charge in [-0.2, -0.15) is 14.9 Å². The fourth-order valence-corrected chi connectivity index (χ4v) is 4.27. The highest BCUT2D eigenvalue weighted by molar-refractivity contribution is 5.90. The van der Waals surface area contributed by atoms with Crippen molar-refractivity contribution >= 4 is 11.4 Å². The number of alkyl halides is 5. The van der Waals surface area contributed by atoms with Gasteiger partial charge in [0, 0.05) is 24.9 Å². The van der Waals surface area contributed by atoms with E-state index in [9.17, 15) is 26.7 Å². The number of carbonyl (C=O) groups is 1. The number of carbonyl (C=O) groups excluding carboxylic acids is 1. The monoisotopic (exact) mass is 519 g/mol. The van der Waals surface area contributed by atoms with E-state index in [0.29, 0.717) is 23.8 Å². The van der Waals surface area contributed by atoms with E-state index < -0.39 is 30.6 Å². The van der Waals surface area contributed by atoms with Crippen LogP contribution in [0.4, 0.5) is 22.0 Å². The lowest BCUT2D eigenvalue weighted by Crippen LogP contribution is -2.41. The van der Waals surface area contributed by atoms with Gasteiger partial charge in [0.1, 0.15) is 17.4 Å². The first-order valence-corrected chi connectivity index (χ1v) is 10.8. The molecule has 1 aliphatic rings. The second kappa shape index (κ2) is 8.21. The third-order valence-corrected chi connectivity index (χ3v) is 5.90. The Morgan fingerprint density at radius 2 is 2.00 bits per heavy atom. The first-order valence-electron chi connectivity index (χ1n) is 10.8. The topological polar surface area (TPSA) is 123 Å². The van der Waals surface area contributed by atoms with E-state index in [4.69, 9.17) is 4.42 Å². The Balaban J connectivity index is 1.37. The predicted octanol–water partition coefficient (Wildman–Crippen LogP) is 3.51. The molecule has 5 aromatic rings. The van der Waals surface area contributed by atoms with Gasteiger partial charge in [-0.15, -0.1) is 23.4 Å². The van der Waals surface area contributed by atoms with Crippen LogP contribution in [0.25, 0.3) is 17.1 Å². The number of pyridine rings is 1. The Morgan fingerprint density at radius 3 is 2.76 bits per heavy atom.